The van der Waals surface area contributed by atoms with Crippen molar-refractivity contribution in [1.82, 2.24) is 0 Å². The molecule has 5 nitrogen and oxygen atoms in total. The molecule has 0 aromatic heterocycles. The summed E-state index contributed by atoms with van der Waals surface area (Å²) in [4.78, 5) is 20.6. The molecule has 0 heterocycles. The number of hydrogen-bond donors (Lipinski definition) is 2. The van der Waals surface area contributed by atoms with Crippen molar-refractivity contribution in [2.24, 2.45) is 15.8 Å². The lowest BCUT2D eigenvalue weighted by Crippen LogP contribution is -2.31. The highest BCUT2D eigenvalue weighted by molar-refractivity contribution is 7.47. The number of nitrogens with zero attached hydrogens (tertiary/aromatic N) is 1. The van der Waals surface area contributed by atoms with Crippen LogP contribution in [0.3, 0.4) is 0 Å². The second-order valence-electron chi connectivity index (χ2n) is 1.77. The van der Waals surface area contributed by atoms with Crippen LogP contribution in [0.5, 0.6) is 0 Å². The molecule has 0 spiro atoms. The van der Waals surface area contributed by atoms with Gasteiger partial charge in [0, 0.05) is 0 Å². The normalized spacial score (nSPS) is 12.2. The zero-order chi connectivity index (χ0) is 8.15. The molecule has 2 amide bonds. The molecule has 0 unspecified atom stereocenters. The second-order valence-corrected chi connectivity index (χ2v) is 2.14. The fourth-order valence-electron chi connectivity index (χ4n) is 0.446. The standard InChI is InChI=1S/C4H11N3O2S/c5-3(8)1-2(7-10)4(6)9/h2H,1H2,10H4,(H2,5,8)(H2,6,9)/t2-/m0/s1. The van der Waals surface area contributed by atoms with Crippen LogP contribution < -0.4 is 11.5 Å². The van der Waals surface area contributed by atoms with E-state index in [4.69, 9.17) is 11.5 Å². The predicted molar refractivity (Wildman–Crippen MR) is 42.2 cm³/mol. The summed E-state index contributed by atoms with van der Waals surface area (Å²) in [5.41, 5.74) is 9.66. The fraction of sp³-hybridized carbons (Fsp3) is 0.500. The molecule has 0 saturated carbocycles. The van der Waals surface area contributed by atoms with Crippen LogP contribution in [0.25, 0.3) is 0 Å². The molecule has 60 valence electrons. The Labute approximate surface area is 62.9 Å². The predicted octanol–water partition coefficient (Wildman–Crippen LogP) is -2.62. The highest BCUT2D eigenvalue weighted by atomic mass is 32.1. The molecule has 0 aliphatic heterocycles. The summed E-state index contributed by atoms with van der Waals surface area (Å²) < 4.78 is 3.58. The molecule has 0 radical (unpaired) electrons. The number of nitrogens with two attached hydrogens (primary N) is 2. The van der Waals surface area contributed by atoms with Crippen molar-refractivity contribution >= 4 is 24.2 Å². The zero-order valence-corrected chi connectivity index (χ0v) is 6.82. The van der Waals surface area contributed by atoms with Gasteiger partial charge < -0.3 is 11.5 Å². The van der Waals surface area contributed by atoms with Crippen LogP contribution >= 0.6 is 0 Å². The van der Waals surface area contributed by atoms with Gasteiger partial charge in [0.25, 0.3) is 0 Å². The average molecular weight is 165 g/mol. The maximum absolute atomic E-state index is 10.4. The van der Waals surface area contributed by atoms with Crippen LogP contribution in [0, 0.1) is 0 Å². The first-order valence-corrected chi connectivity index (χ1v) is 3.24. The Bertz CT molecular complexity index is 170. The number of amides is 2. The molecule has 6 heteroatoms. The summed E-state index contributed by atoms with van der Waals surface area (Å²) in [5, 5.41) is 0. The summed E-state index contributed by atoms with van der Waals surface area (Å²) in [6.07, 6.45) is -0.0984. The fourth-order valence-corrected chi connectivity index (χ4v) is 0.755. The van der Waals surface area contributed by atoms with E-state index in [0.717, 1.165) is 0 Å². The average Bonchev–Trinajstić information content (AvgIpc) is 1.81. The monoisotopic (exact) mass is 165 g/mol. The summed E-state index contributed by atoms with van der Waals surface area (Å²) in [5.74, 6) is -1.19. The van der Waals surface area contributed by atoms with Crippen molar-refractivity contribution in [1.29, 1.82) is 0 Å². The molecule has 0 aliphatic rings. The smallest absolute Gasteiger partial charge is 0.243 e. The van der Waals surface area contributed by atoms with Crippen molar-refractivity contribution in [2.75, 3.05) is 0 Å². The third kappa shape index (κ3) is 3.18. The molecular formula is C4H11N3O2S. The SMILES string of the molecule is NC(=O)C[C@H](N=[SH4])C(N)=O. The van der Waals surface area contributed by atoms with E-state index in [9.17, 15) is 9.59 Å². The molecular weight excluding hydrogens is 154 g/mol. The van der Waals surface area contributed by atoms with E-state index in [1.165, 1.54) is 12.4 Å². The van der Waals surface area contributed by atoms with Gasteiger partial charge in [0.05, 0.1) is 6.42 Å². The molecule has 0 saturated heterocycles. The van der Waals surface area contributed by atoms with Gasteiger partial charge in [0.15, 0.2) is 0 Å². The Hall–Kier alpha value is -0.910. The van der Waals surface area contributed by atoms with Crippen LogP contribution in [0.15, 0.2) is 4.36 Å². The third-order valence-electron chi connectivity index (χ3n) is 0.943. The third-order valence-corrected chi connectivity index (χ3v) is 1.38. The van der Waals surface area contributed by atoms with Crippen molar-refractivity contribution in [2.45, 2.75) is 12.5 Å². The highest BCUT2D eigenvalue weighted by Crippen LogP contribution is 1.94. The Kier molecular flexibility index (Phi) is 3.63. The molecule has 0 bridgehead atoms. The number of primary amides is 2. The molecule has 0 aromatic carbocycles. The van der Waals surface area contributed by atoms with Crippen molar-refractivity contribution in [3.05, 3.63) is 0 Å². The van der Waals surface area contributed by atoms with Crippen molar-refractivity contribution < 1.29 is 9.59 Å². The minimum atomic E-state index is -0.754. The molecule has 10 heavy (non-hydrogen) atoms. The number of carbonyl (C=O) groups is 2. The quantitative estimate of drug-likeness (QED) is 0.476. The maximum Gasteiger partial charge on any atom is 0.243 e. The van der Waals surface area contributed by atoms with E-state index in [1.54, 1.807) is 0 Å². The largest absolute Gasteiger partial charge is 0.370 e. The Morgan fingerprint density at radius 3 is 2.10 bits per heavy atom. The van der Waals surface area contributed by atoms with Gasteiger partial charge >= 0.3 is 0 Å². The first-order valence-electron chi connectivity index (χ1n) is 2.61. The van der Waals surface area contributed by atoms with E-state index in [0.29, 0.717) is 0 Å². The Balaban J connectivity index is 3.96. The van der Waals surface area contributed by atoms with Gasteiger partial charge in [-0.1, -0.05) is 0 Å². The maximum atomic E-state index is 10.4. The zero-order valence-electron chi connectivity index (χ0n) is 5.41. The van der Waals surface area contributed by atoms with Crippen LogP contribution in [0.4, 0.5) is 0 Å². The van der Waals surface area contributed by atoms with Gasteiger partial charge in [-0.3, -0.25) is 14.0 Å². The molecule has 1 atom stereocenters. The van der Waals surface area contributed by atoms with E-state index in [2.05, 4.69) is 4.36 Å². The summed E-state index contributed by atoms with van der Waals surface area (Å²) >= 11 is 1.23. The lowest BCUT2D eigenvalue weighted by Gasteiger charge is -2.02. The van der Waals surface area contributed by atoms with Crippen molar-refractivity contribution in [3.8, 4) is 0 Å². The Morgan fingerprint density at radius 2 is 2.00 bits per heavy atom. The minimum Gasteiger partial charge on any atom is -0.370 e. The molecule has 0 aromatic rings. The van der Waals surface area contributed by atoms with Gasteiger partial charge in [-0.2, -0.15) is 0 Å². The second kappa shape index (κ2) is 3.99. The summed E-state index contributed by atoms with van der Waals surface area (Å²) in [6.45, 7) is 0. The summed E-state index contributed by atoms with van der Waals surface area (Å²) in [6, 6.07) is -0.754. The number of carbonyl (C=O) groups excluding carboxylic acids is 2. The van der Waals surface area contributed by atoms with Crippen LogP contribution in [0.2, 0.25) is 0 Å². The van der Waals surface area contributed by atoms with Gasteiger partial charge in [0.1, 0.15) is 6.04 Å². The molecule has 4 N–H and O–H groups in total. The van der Waals surface area contributed by atoms with Crippen molar-refractivity contribution in [3.63, 3.8) is 0 Å². The van der Waals surface area contributed by atoms with Gasteiger partial charge in [-0.05, 0) is 0 Å². The minimum absolute atomic E-state index is 0.0984. The molecule has 0 aliphatic carbocycles. The van der Waals surface area contributed by atoms with Crippen LogP contribution in [0.1, 0.15) is 6.42 Å². The summed E-state index contributed by atoms with van der Waals surface area (Å²) in [7, 11) is 0. The van der Waals surface area contributed by atoms with E-state index in [1.807, 2.05) is 0 Å². The molecule has 0 fully saturated rings. The highest BCUT2D eigenvalue weighted by Gasteiger charge is 2.14. The van der Waals surface area contributed by atoms with Gasteiger partial charge in [0.2, 0.25) is 11.8 Å². The topological polar surface area (TPSA) is 98.5 Å². The number of hydrogen-bond acceptors (Lipinski definition) is 3. The van der Waals surface area contributed by atoms with Gasteiger partial charge in [-0.15, -0.1) is 0 Å². The van der Waals surface area contributed by atoms with E-state index < -0.39 is 17.9 Å². The van der Waals surface area contributed by atoms with Crippen LogP contribution in [-0.2, 0) is 22.0 Å². The first-order chi connectivity index (χ1) is 4.57. The Morgan fingerprint density at radius 1 is 1.50 bits per heavy atom. The van der Waals surface area contributed by atoms with Gasteiger partial charge in [-0.25, -0.2) is 12.4 Å². The first kappa shape index (κ1) is 9.09. The number of rotatable bonds is 4. The van der Waals surface area contributed by atoms with E-state index in [-0.39, 0.29) is 6.42 Å². The molecule has 0 rings (SSSR count). The lowest BCUT2D eigenvalue weighted by atomic mass is 10.2. The van der Waals surface area contributed by atoms with E-state index >= 15 is 0 Å². The van der Waals surface area contributed by atoms with Crippen LogP contribution in [-0.4, -0.2) is 17.9 Å². The lowest BCUT2D eigenvalue weighted by molar-refractivity contribution is -0.124.